The van der Waals surface area contributed by atoms with E-state index in [0.717, 1.165) is 57.8 Å². The average molecular weight is 426 g/mol. The molecule has 0 fully saturated rings. The molecular formula is C28H27NO3. The number of ether oxygens (including phenoxy) is 1. The molecule has 0 spiro atoms. The number of fused-ring (bicyclic) bond motifs is 2. The van der Waals surface area contributed by atoms with Crippen LogP contribution in [0.15, 0.2) is 66.7 Å². The fraction of sp³-hybridized carbons (Fsp3) is 0.250. The van der Waals surface area contributed by atoms with Crippen molar-refractivity contribution in [3.8, 4) is 5.75 Å². The van der Waals surface area contributed by atoms with Gasteiger partial charge in [0.1, 0.15) is 11.4 Å². The summed E-state index contributed by atoms with van der Waals surface area (Å²) in [5, 5.41) is 13.1. The highest BCUT2D eigenvalue weighted by molar-refractivity contribution is 6.01. The van der Waals surface area contributed by atoms with Crippen molar-refractivity contribution in [2.45, 2.75) is 38.5 Å². The number of aromatic nitrogens is 1. The van der Waals surface area contributed by atoms with Crippen LogP contribution in [0.2, 0.25) is 0 Å². The van der Waals surface area contributed by atoms with Crippen LogP contribution in [0.1, 0.15) is 53.7 Å². The molecule has 0 saturated carbocycles. The maximum absolute atomic E-state index is 12.0. The third kappa shape index (κ3) is 3.89. The second-order valence-corrected chi connectivity index (χ2v) is 8.42. The van der Waals surface area contributed by atoms with Crippen molar-refractivity contribution in [2.24, 2.45) is 0 Å². The molecule has 4 nitrogen and oxygen atoms in total. The van der Waals surface area contributed by atoms with E-state index in [0.29, 0.717) is 18.7 Å². The lowest BCUT2D eigenvalue weighted by atomic mass is 9.92. The van der Waals surface area contributed by atoms with E-state index >= 15 is 0 Å². The summed E-state index contributed by atoms with van der Waals surface area (Å²) in [6, 6.07) is 20.4. The standard InChI is InChI=1S/C28H27NO3/c30-28(31)27-24(16-8-18-32-25-17-6-12-19-11-4-5-13-21(19)25)23-15-7-14-22(26(23)29-27)20-9-2-1-3-10-20/h4-7,9,11-15,17,29H,1-3,8,10,16,18H2,(H,30,31). The molecule has 0 atom stereocenters. The molecule has 0 amide bonds. The first-order valence-electron chi connectivity index (χ1n) is 11.4. The number of aromatic amines is 1. The maximum Gasteiger partial charge on any atom is 0.352 e. The summed E-state index contributed by atoms with van der Waals surface area (Å²) in [5.41, 5.74) is 4.58. The number of allylic oxidation sites excluding steroid dienone is 2. The van der Waals surface area contributed by atoms with E-state index in [2.05, 4.69) is 35.3 Å². The molecule has 162 valence electrons. The van der Waals surface area contributed by atoms with Gasteiger partial charge in [0.2, 0.25) is 0 Å². The van der Waals surface area contributed by atoms with Crippen molar-refractivity contribution < 1.29 is 14.6 Å². The zero-order chi connectivity index (χ0) is 21.9. The molecule has 1 aromatic heterocycles. The number of para-hydroxylation sites is 1. The number of benzene rings is 3. The normalized spacial score (nSPS) is 13.9. The topological polar surface area (TPSA) is 62.3 Å². The Balaban J connectivity index is 1.38. The molecule has 0 bridgehead atoms. The summed E-state index contributed by atoms with van der Waals surface area (Å²) < 4.78 is 6.08. The number of carbonyl (C=O) groups is 1. The molecule has 0 aliphatic heterocycles. The number of H-pyrrole nitrogens is 1. The van der Waals surface area contributed by atoms with Crippen LogP contribution in [0, 0.1) is 0 Å². The summed E-state index contributed by atoms with van der Waals surface area (Å²) in [6.07, 6.45) is 8.25. The number of aromatic carboxylic acids is 1. The lowest BCUT2D eigenvalue weighted by Gasteiger charge is -2.13. The SMILES string of the molecule is O=C(O)c1[nH]c2c(C3=CCCCC3)cccc2c1CCCOc1cccc2ccccc12. The zero-order valence-electron chi connectivity index (χ0n) is 18.1. The number of carboxylic acids is 1. The Kier molecular flexibility index (Phi) is 5.68. The number of carboxylic acid groups (broad SMARTS) is 1. The van der Waals surface area contributed by atoms with E-state index in [1.807, 2.05) is 36.4 Å². The van der Waals surface area contributed by atoms with Gasteiger partial charge in [0.05, 0.1) is 12.1 Å². The van der Waals surface area contributed by atoms with Crippen molar-refractivity contribution in [3.05, 3.63) is 83.6 Å². The molecule has 1 aliphatic rings. The van der Waals surface area contributed by atoms with Crippen LogP contribution in [-0.4, -0.2) is 22.7 Å². The first-order chi connectivity index (χ1) is 15.7. The van der Waals surface area contributed by atoms with Crippen molar-refractivity contribution in [2.75, 3.05) is 6.61 Å². The quantitative estimate of drug-likeness (QED) is 0.314. The van der Waals surface area contributed by atoms with E-state index in [1.165, 1.54) is 18.4 Å². The fourth-order valence-corrected chi connectivity index (χ4v) is 4.82. The lowest BCUT2D eigenvalue weighted by Crippen LogP contribution is -2.04. The van der Waals surface area contributed by atoms with Gasteiger partial charge in [-0.25, -0.2) is 4.79 Å². The van der Waals surface area contributed by atoms with Gasteiger partial charge in [-0.05, 0) is 61.1 Å². The number of aryl methyl sites for hydroxylation is 1. The summed E-state index contributed by atoms with van der Waals surface area (Å²) >= 11 is 0. The van der Waals surface area contributed by atoms with Crippen molar-refractivity contribution in [1.82, 2.24) is 4.98 Å². The minimum atomic E-state index is -0.908. The molecule has 32 heavy (non-hydrogen) atoms. The maximum atomic E-state index is 12.0. The number of rotatable bonds is 7. The Hall–Kier alpha value is -3.53. The van der Waals surface area contributed by atoms with E-state index in [-0.39, 0.29) is 0 Å². The van der Waals surface area contributed by atoms with Gasteiger partial charge in [-0.15, -0.1) is 0 Å². The Morgan fingerprint density at radius 3 is 2.62 bits per heavy atom. The first kappa shape index (κ1) is 20.4. The van der Waals surface area contributed by atoms with Gasteiger partial charge in [-0.1, -0.05) is 60.7 Å². The molecule has 4 aromatic rings. The molecule has 2 N–H and O–H groups in total. The van der Waals surface area contributed by atoms with Crippen molar-refractivity contribution in [3.63, 3.8) is 0 Å². The predicted molar refractivity (Wildman–Crippen MR) is 129 cm³/mol. The van der Waals surface area contributed by atoms with Crippen LogP contribution in [0.5, 0.6) is 5.75 Å². The molecule has 4 heteroatoms. The zero-order valence-corrected chi connectivity index (χ0v) is 18.1. The van der Waals surface area contributed by atoms with Crippen LogP contribution in [0.4, 0.5) is 0 Å². The van der Waals surface area contributed by atoms with E-state index in [1.54, 1.807) is 0 Å². The van der Waals surface area contributed by atoms with Gasteiger partial charge < -0.3 is 14.8 Å². The summed E-state index contributed by atoms with van der Waals surface area (Å²) in [7, 11) is 0. The van der Waals surface area contributed by atoms with Gasteiger partial charge in [0.25, 0.3) is 0 Å². The smallest absolute Gasteiger partial charge is 0.352 e. The summed E-state index contributed by atoms with van der Waals surface area (Å²) in [5.74, 6) is -0.0400. The largest absolute Gasteiger partial charge is 0.493 e. The minimum Gasteiger partial charge on any atom is -0.493 e. The van der Waals surface area contributed by atoms with E-state index < -0.39 is 5.97 Å². The Bertz CT molecular complexity index is 1310. The van der Waals surface area contributed by atoms with E-state index in [4.69, 9.17) is 4.74 Å². The highest BCUT2D eigenvalue weighted by atomic mass is 16.5. The van der Waals surface area contributed by atoms with E-state index in [9.17, 15) is 9.90 Å². The molecule has 5 rings (SSSR count). The number of nitrogens with one attached hydrogen (secondary N) is 1. The van der Waals surface area contributed by atoms with Crippen molar-refractivity contribution >= 4 is 33.2 Å². The van der Waals surface area contributed by atoms with Gasteiger partial charge in [-0.3, -0.25) is 0 Å². The van der Waals surface area contributed by atoms with Crippen LogP contribution >= 0.6 is 0 Å². The van der Waals surface area contributed by atoms with Crippen LogP contribution in [0.3, 0.4) is 0 Å². The lowest BCUT2D eigenvalue weighted by molar-refractivity contribution is 0.0690. The van der Waals surface area contributed by atoms with Crippen molar-refractivity contribution in [1.29, 1.82) is 0 Å². The average Bonchev–Trinajstić information content (AvgIpc) is 3.21. The Labute approximate surface area is 187 Å². The van der Waals surface area contributed by atoms with Gasteiger partial charge >= 0.3 is 5.97 Å². The molecule has 1 heterocycles. The highest BCUT2D eigenvalue weighted by Gasteiger charge is 2.20. The second-order valence-electron chi connectivity index (χ2n) is 8.42. The van der Waals surface area contributed by atoms with Gasteiger partial charge in [0.15, 0.2) is 0 Å². The first-order valence-corrected chi connectivity index (χ1v) is 11.4. The molecule has 0 saturated heterocycles. The Morgan fingerprint density at radius 2 is 1.78 bits per heavy atom. The van der Waals surface area contributed by atoms with Crippen LogP contribution in [0.25, 0.3) is 27.2 Å². The fourth-order valence-electron chi connectivity index (χ4n) is 4.82. The number of hydrogen-bond acceptors (Lipinski definition) is 2. The molecule has 0 unspecified atom stereocenters. The minimum absolute atomic E-state index is 0.300. The Morgan fingerprint density at radius 1 is 0.969 bits per heavy atom. The second kappa shape index (κ2) is 8.91. The predicted octanol–water partition coefficient (Wildman–Crippen LogP) is 6.99. The highest BCUT2D eigenvalue weighted by Crippen LogP contribution is 2.34. The summed E-state index contributed by atoms with van der Waals surface area (Å²) in [6.45, 7) is 0.532. The number of hydrogen-bond donors (Lipinski definition) is 2. The molecular weight excluding hydrogens is 398 g/mol. The monoisotopic (exact) mass is 425 g/mol. The van der Waals surface area contributed by atoms with Gasteiger partial charge in [0, 0.05) is 16.3 Å². The third-order valence-electron chi connectivity index (χ3n) is 6.37. The van der Waals surface area contributed by atoms with Gasteiger partial charge in [-0.2, -0.15) is 0 Å². The molecule has 0 radical (unpaired) electrons. The third-order valence-corrected chi connectivity index (χ3v) is 6.37. The van der Waals surface area contributed by atoms with Crippen LogP contribution in [-0.2, 0) is 6.42 Å². The molecule has 1 aliphatic carbocycles. The van der Waals surface area contributed by atoms with Crippen LogP contribution < -0.4 is 4.74 Å². The molecule has 3 aromatic carbocycles. The summed E-state index contributed by atoms with van der Waals surface area (Å²) in [4.78, 5) is 15.2.